The van der Waals surface area contributed by atoms with Gasteiger partial charge in [0.2, 0.25) is 5.91 Å². The predicted octanol–water partition coefficient (Wildman–Crippen LogP) is 2.29. The number of carbonyl (C=O) groups excluding carboxylic acids is 1. The molecule has 0 aliphatic carbocycles. The number of hydrogen-bond acceptors (Lipinski definition) is 3. The third-order valence-corrected chi connectivity index (χ3v) is 4.02. The van der Waals surface area contributed by atoms with Gasteiger partial charge in [-0.15, -0.1) is 0 Å². The fraction of sp³-hybridized carbons (Fsp3) is 0.278. The van der Waals surface area contributed by atoms with Crippen LogP contribution in [0.15, 0.2) is 60.7 Å². The zero-order valence-corrected chi connectivity index (χ0v) is 12.4. The van der Waals surface area contributed by atoms with Gasteiger partial charge in [-0.1, -0.05) is 60.7 Å². The Morgan fingerprint density at radius 3 is 2.36 bits per heavy atom. The van der Waals surface area contributed by atoms with Gasteiger partial charge in [-0.3, -0.25) is 9.69 Å². The lowest BCUT2D eigenvalue weighted by molar-refractivity contribution is -0.127. The molecule has 2 atom stereocenters. The number of primary amides is 1. The quantitative estimate of drug-likeness (QED) is 0.942. The van der Waals surface area contributed by atoms with Gasteiger partial charge in [0.05, 0.1) is 12.7 Å². The number of nitrogens with two attached hydrogens (primary N) is 1. The van der Waals surface area contributed by atoms with Crippen molar-refractivity contribution in [3.63, 3.8) is 0 Å². The molecule has 22 heavy (non-hydrogen) atoms. The fourth-order valence-electron chi connectivity index (χ4n) is 2.96. The number of ether oxygens (including phenoxy) is 1. The Bertz CT molecular complexity index is 615. The molecule has 1 aliphatic heterocycles. The summed E-state index contributed by atoms with van der Waals surface area (Å²) in [4.78, 5) is 14.1. The van der Waals surface area contributed by atoms with Crippen LogP contribution in [0.4, 0.5) is 0 Å². The molecule has 3 rings (SSSR count). The zero-order chi connectivity index (χ0) is 15.4. The first-order valence-electron chi connectivity index (χ1n) is 7.50. The third kappa shape index (κ3) is 3.18. The maximum absolute atomic E-state index is 12.0. The standard InChI is InChI=1S/C18H20N2O2/c19-18(21)17(15-9-5-2-6-10-15)20-11-12-22-16(13-20)14-7-3-1-4-8-14/h1-10,16-17H,11-13H2,(H2,19,21)/t16-,17-/m0/s1. The molecule has 0 saturated carbocycles. The molecule has 114 valence electrons. The van der Waals surface area contributed by atoms with E-state index < -0.39 is 6.04 Å². The first-order valence-corrected chi connectivity index (χ1v) is 7.50. The first kappa shape index (κ1) is 14.8. The second-order valence-corrected chi connectivity index (χ2v) is 5.48. The van der Waals surface area contributed by atoms with Crippen molar-refractivity contribution in [3.8, 4) is 0 Å². The Hall–Kier alpha value is -2.17. The molecular weight excluding hydrogens is 276 g/mol. The molecular formula is C18H20N2O2. The molecule has 0 radical (unpaired) electrons. The highest BCUT2D eigenvalue weighted by Gasteiger charge is 2.31. The summed E-state index contributed by atoms with van der Waals surface area (Å²) in [6.45, 7) is 1.95. The topological polar surface area (TPSA) is 55.6 Å². The largest absolute Gasteiger partial charge is 0.371 e. The van der Waals surface area contributed by atoms with Crippen molar-refractivity contribution in [1.29, 1.82) is 0 Å². The lowest BCUT2D eigenvalue weighted by Gasteiger charge is -2.37. The van der Waals surface area contributed by atoms with Crippen LogP contribution in [0, 0.1) is 0 Å². The van der Waals surface area contributed by atoms with E-state index in [1.807, 2.05) is 48.5 Å². The molecule has 1 heterocycles. The molecule has 2 aromatic carbocycles. The Kier molecular flexibility index (Phi) is 4.51. The molecule has 0 spiro atoms. The van der Waals surface area contributed by atoms with E-state index in [0.717, 1.165) is 11.1 Å². The summed E-state index contributed by atoms with van der Waals surface area (Å²) in [5.74, 6) is -0.320. The van der Waals surface area contributed by atoms with Gasteiger partial charge in [-0.05, 0) is 11.1 Å². The highest BCUT2D eigenvalue weighted by atomic mass is 16.5. The van der Waals surface area contributed by atoms with Crippen molar-refractivity contribution < 1.29 is 9.53 Å². The lowest BCUT2D eigenvalue weighted by atomic mass is 10.0. The maximum atomic E-state index is 12.0. The van der Waals surface area contributed by atoms with Gasteiger partial charge in [0.15, 0.2) is 0 Å². The number of morpholine rings is 1. The molecule has 1 aliphatic rings. The molecule has 1 fully saturated rings. The molecule has 0 unspecified atom stereocenters. The molecule has 4 heteroatoms. The minimum absolute atomic E-state index is 0.0273. The van der Waals surface area contributed by atoms with Gasteiger partial charge in [-0.2, -0.15) is 0 Å². The second-order valence-electron chi connectivity index (χ2n) is 5.48. The van der Waals surface area contributed by atoms with E-state index in [-0.39, 0.29) is 12.0 Å². The van der Waals surface area contributed by atoms with Crippen LogP contribution in [0.1, 0.15) is 23.3 Å². The Morgan fingerprint density at radius 1 is 1.09 bits per heavy atom. The number of carbonyl (C=O) groups is 1. The SMILES string of the molecule is NC(=O)[C@H](c1ccccc1)N1CCO[C@H](c2ccccc2)C1. The summed E-state index contributed by atoms with van der Waals surface area (Å²) in [5, 5.41) is 0. The number of hydrogen-bond donors (Lipinski definition) is 1. The maximum Gasteiger partial charge on any atom is 0.239 e. The lowest BCUT2D eigenvalue weighted by Crippen LogP contribution is -2.45. The Labute approximate surface area is 130 Å². The highest BCUT2D eigenvalue weighted by molar-refractivity contribution is 5.81. The number of nitrogens with zero attached hydrogens (tertiary/aromatic N) is 1. The number of amides is 1. The smallest absolute Gasteiger partial charge is 0.239 e. The van der Waals surface area contributed by atoms with Gasteiger partial charge >= 0.3 is 0 Å². The molecule has 0 aromatic heterocycles. The van der Waals surface area contributed by atoms with Gasteiger partial charge in [0.25, 0.3) is 0 Å². The summed E-state index contributed by atoms with van der Waals surface area (Å²) in [7, 11) is 0. The van der Waals surface area contributed by atoms with E-state index in [9.17, 15) is 4.79 Å². The van der Waals surface area contributed by atoms with Gasteiger partial charge < -0.3 is 10.5 Å². The Morgan fingerprint density at radius 2 is 1.73 bits per heavy atom. The fourth-order valence-corrected chi connectivity index (χ4v) is 2.96. The van der Waals surface area contributed by atoms with Gasteiger partial charge in [0.1, 0.15) is 6.04 Å². The monoisotopic (exact) mass is 296 g/mol. The summed E-state index contributed by atoms with van der Waals surface area (Å²) >= 11 is 0. The van der Waals surface area contributed by atoms with Crippen LogP contribution in [0.25, 0.3) is 0 Å². The normalized spacial score (nSPS) is 20.5. The van der Waals surface area contributed by atoms with E-state index in [2.05, 4.69) is 17.0 Å². The molecule has 2 aromatic rings. The predicted molar refractivity (Wildman–Crippen MR) is 85.1 cm³/mol. The summed E-state index contributed by atoms with van der Waals surface area (Å²) in [6, 6.07) is 19.4. The molecule has 1 saturated heterocycles. The molecule has 0 bridgehead atoms. The van der Waals surface area contributed by atoms with E-state index in [1.54, 1.807) is 0 Å². The minimum atomic E-state index is -0.406. The molecule has 2 N–H and O–H groups in total. The third-order valence-electron chi connectivity index (χ3n) is 4.02. The van der Waals surface area contributed by atoms with Crippen LogP contribution in [0.3, 0.4) is 0 Å². The summed E-state index contributed by atoms with van der Waals surface area (Å²) in [5.41, 5.74) is 7.72. The van der Waals surface area contributed by atoms with Crippen molar-refractivity contribution >= 4 is 5.91 Å². The van der Waals surface area contributed by atoms with E-state index in [1.165, 1.54) is 0 Å². The van der Waals surface area contributed by atoms with Crippen LogP contribution < -0.4 is 5.73 Å². The zero-order valence-electron chi connectivity index (χ0n) is 12.4. The van der Waals surface area contributed by atoms with Crippen molar-refractivity contribution in [2.24, 2.45) is 5.73 Å². The summed E-state index contributed by atoms with van der Waals surface area (Å²) < 4.78 is 5.87. The first-order chi connectivity index (χ1) is 10.8. The van der Waals surface area contributed by atoms with Crippen molar-refractivity contribution in [2.45, 2.75) is 12.1 Å². The average Bonchev–Trinajstić information content (AvgIpc) is 2.57. The van der Waals surface area contributed by atoms with Crippen molar-refractivity contribution in [1.82, 2.24) is 4.90 Å². The van der Waals surface area contributed by atoms with E-state index in [0.29, 0.717) is 19.7 Å². The highest BCUT2D eigenvalue weighted by Crippen LogP contribution is 2.28. The minimum Gasteiger partial charge on any atom is -0.371 e. The number of rotatable bonds is 4. The van der Waals surface area contributed by atoms with E-state index in [4.69, 9.17) is 10.5 Å². The molecule has 4 nitrogen and oxygen atoms in total. The second kappa shape index (κ2) is 6.73. The van der Waals surface area contributed by atoms with Gasteiger partial charge in [-0.25, -0.2) is 0 Å². The van der Waals surface area contributed by atoms with Crippen molar-refractivity contribution in [3.05, 3.63) is 71.8 Å². The number of benzene rings is 2. The van der Waals surface area contributed by atoms with Crippen LogP contribution in [-0.4, -0.2) is 30.5 Å². The summed E-state index contributed by atoms with van der Waals surface area (Å²) in [6.07, 6.45) is -0.0273. The molecule has 1 amide bonds. The van der Waals surface area contributed by atoms with Gasteiger partial charge in [0, 0.05) is 13.1 Å². The van der Waals surface area contributed by atoms with Crippen LogP contribution >= 0.6 is 0 Å². The average molecular weight is 296 g/mol. The van der Waals surface area contributed by atoms with Crippen LogP contribution in [0.5, 0.6) is 0 Å². The Balaban J connectivity index is 1.82. The van der Waals surface area contributed by atoms with E-state index >= 15 is 0 Å². The van der Waals surface area contributed by atoms with Crippen LogP contribution in [-0.2, 0) is 9.53 Å². The van der Waals surface area contributed by atoms with Crippen LogP contribution in [0.2, 0.25) is 0 Å². The van der Waals surface area contributed by atoms with Crippen molar-refractivity contribution in [2.75, 3.05) is 19.7 Å².